The van der Waals surface area contributed by atoms with E-state index in [9.17, 15) is 14.0 Å². The Morgan fingerprint density at radius 3 is 2.20 bits per heavy atom. The van der Waals surface area contributed by atoms with Crippen LogP contribution in [-0.4, -0.2) is 31.1 Å². The third-order valence-electron chi connectivity index (χ3n) is 4.41. The number of carbonyl (C=O) groups excluding carboxylic acids is 2. The van der Waals surface area contributed by atoms with Gasteiger partial charge in [0.05, 0.1) is 46.8 Å². The SMILES string of the molecule is COC(=O)c1c(C)nc(C)c(C(=O)OC)c1-c1csc(Nc2ccc(F)c(Cl)c2)c1. The number of anilines is 2. The Bertz CT molecular complexity index is 1110. The van der Waals surface area contributed by atoms with Crippen molar-refractivity contribution in [2.24, 2.45) is 0 Å². The molecule has 30 heavy (non-hydrogen) atoms. The van der Waals surface area contributed by atoms with Crippen molar-refractivity contribution in [3.63, 3.8) is 0 Å². The van der Waals surface area contributed by atoms with Crippen LogP contribution in [0, 0.1) is 19.7 Å². The lowest BCUT2D eigenvalue weighted by atomic mass is 9.94. The molecule has 6 nitrogen and oxygen atoms in total. The van der Waals surface area contributed by atoms with Crippen LogP contribution in [0.2, 0.25) is 5.02 Å². The second-order valence-electron chi connectivity index (χ2n) is 6.34. The lowest BCUT2D eigenvalue weighted by Gasteiger charge is -2.15. The van der Waals surface area contributed by atoms with Gasteiger partial charge in [0.25, 0.3) is 0 Å². The maximum absolute atomic E-state index is 13.4. The van der Waals surface area contributed by atoms with E-state index in [4.69, 9.17) is 21.1 Å². The van der Waals surface area contributed by atoms with Gasteiger partial charge in [-0.2, -0.15) is 0 Å². The smallest absolute Gasteiger partial charge is 0.340 e. The van der Waals surface area contributed by atoms with Crippen molar-refractivity contribution in [3.8, 4) is 11.1 Å². The largest absolute Gasteiger partial charge is 0.465 e. The predicted octanol–water partition coefficient (Wildman–Crippen LogP) is 5.54. The average Bonchev–Trinajstić information content (AvgIpc) is 3.17. The molecule has 2 heterocycles. The number of benzene rings is 1. The van der Waals surface area contributed by atoms with Crippen LogP contribution in [0.25, 0.3) is 11.1 Å². The van der Waals surface area contributed by atoms with Crippen molar-refractivity contribution in [1.29, 1.82) is 0 Å². The summed E-state index contributed by atoms with van der Waals surface area (Å²) in [5, 5.41) is 5.63. The highest BCUT2D eigenvalue weighted by Crippen LogP contribution is 2.37. The molecular weight excluding hydrogens is 431 g/mol. The number of thiophene rings is 1. The number of aryl methyl sites for hydroxylation is 2. The number of methoxy groups -OCH3 is 2. The molecule has 0 radical (unpaired) electrons. The van der Waals surface area contributed by atoms with Crippen LogP contribution in [0.15, 0.2) is 29.6 Å². The number of rotatable bonds is 5. The van der Waals surface area contributed by atoms with Crippen molar-refractivity contribution >= 4 is 45.6 Å². The highest BCUT2D eigenvalue weighted by atomic mass is 35.5. The van der Waals surface area contributed by atoms with E-state index in [1.54, 1.807) is 31.4 Å². The number of carbonyl (C=O) groups is 2. The summed E-state index contributed by atoms with van der Waals surface area (Å²) in [6, 6.07) is 6.06. The molecule has 0 saturated carbocycles. The molecule has 9 heteroatoms. The molecule has 1 aromatic carbocycles. The molecule has 3 aromatic rings. The van der Waals surface area contributed by atoms with Gasteiger partial charge in [0.2, 0.25) is 0 Å². The summed E-state index contributed by atoms with van der Waals surface area (Å²) in [5.74, 6) is -1.72. The maximum atomic E-state index is 13.4. The van der Waals surface area contributed by atoms with Gasteiger partial charge in [0.1, 0.15) is 5.82 Å². The molecule has 3 rings (SSSR count). The van der Waals surface area contributed by atoms with Gasteiger partial charge < -0.3 is 14.8 Å². The Kier molecular flexibility index (Phi) is 6.38. The zero-order valence-electron chi connectivity index (χ0n) is 16.6. The number of aromatic nitrogens is 1. The van der Waals surface area contributed by atoms with E-state index in [1.807, 2.05) is 0 Å². The molecule has 0 bridgehead atoms. The third-order valence-corrected chi connectivity index (χ3v) is 5.55. The number of nitrogens with zero attached hydrogens (tertiary/aromatic N) is 1. The molecule has 0 aliphatic rings. The van der Waals surface area contributed by atoms with Crippen LogP contribution in [0.4, 0.5) is 15.1 Å². The second kappa shape index (κ2) is 8.81. The molecule has 1 N–H and O–H groups in total. The van der Waals surface area contributed by atoms with Gasteiger partial charge >= 0.3 is 11.9 Å². The van der Waals surface area contributed by atoms with Gasteiger partial charge in [-0.25, -0.2) is 14.0 Å². The zero-order chi connectivity index (χ0) is 22.0. The van der Waals surface area contributed by atoms with E-state index in [1.165, 1.54) is 37.7 Å². The monoisotopic (exact) mass is 448 g/mol. The topological polar surface area (TPSA) is 77.5 Å². The highest BCUT2D eigenvalue weighted by molar-refractivity contribution is 7.14. The van der Waals surface area contributed by atoms with E-state index in [-0.39, 0.29) is 16.1 Å². The molecule has 2 aromatic heterocycles. The zero-order valence-corrected chi connectivity index (χ0v) is 18.2. The van der Waals surface area contributed by atoms with Crippen molar-refractivity contribution < 1.29 is 23.5 Å². The molecule has 0 fully saturated rings. The van der Waals surface area contributed by atoms with Crippen molar-refractivity contribution in [2.75, 3.05) is 19.5 Å². The van der Waals surface area contributed by atoms with E-state index in [2.05, 4.69) is 10.3 Å². The average molecular weight is 449 g/mol. The first kappa shape index (κ1) is 21.7. The molecule has 0 atom stereocenters. The van der Waals surface area contributed by atoms with Gasteiger partial charge in [-0.15, -0.1) is 11.3 Å². The Morgan fingerprint density at radius 2 is 1.67 bits per heavy atom. The summed E-state index contributed by atoms with van der Waals surface area (Å²) in [7, 11) is 2.53. The summed E-state index contributed by atoms with van der Waals surface area (Å²) in [6.45, 7) is 3.35. The predicted molar refractivity (Wildman–Crippen MR) is 114 cm³/mol. The number of nitrogens with one attached hydrogen (secondary N) is 1. The Balaban J connectivity index is 2.13. The number of halogens is 2. The fourth-order valence-corrected chi connectivity index (χ4v) is 4.08. The molecule has 0 unspecified atom stereocenters. The van der Waals surface area contributed by atoms with Crippen LogP contribution in [-0.2, 0) is 9.47 Å². The van der Waals surface area contributed by atoms with Gasteiger partial charge in [0.15, 0.2) is 0 Å². The first-order chi connectivity index (χ1) is 14.3. The van der Waals surface area contributed by atoms with Crippen LogP contribution in [0.3, 0.4) is 0 Å². The fraction of sp³-hybridized carbons (Fsp3) is 0.190. The molecule has 0 spiro atoms. The quantitative estimate of drug-likeness (QED) is 0.516. The van der Waals surface area contributed by atoms with Crippen LogP contribution < -0.4 is 5.32 Å². The van der Waals surface area contributed by atoms with Crippen LogP contribution in [0.1, 0.15) is 32.1 Å². The number of pyridine rings is 1. The summed E-state index contributed by atoms with van der Waals surface area (Å²) < 4.78 is 23.2. The molecule has 0 amide bonds. The Morgan fingerprint density at radius 1 is 1.07 bits per heavy atom. The van der Waals surface area contributed by atoms with E-state index >= 15 is 0 Å². The molecule has 0 saturated heterocycles. The number of hydrogen-bond donors (Lipinski definition) is 1. The van der Waals surface area contributed by atoms with Crippen LogP contribution in [0.5, 0.6) is 0 Å². The first-order valence-electron chi connectivity index (χ1n) is 8.75. The number of esters is 2. The normalized spacial score (nSPS) is 10.6. The van der Waals surface area contributed by atoms with Gasteiger partial charge in [-0.1, -0.05) is 11.6 Å². The minimum absolute atomic E-state index is 0.00174. The molecule has 0 aliphatic carbocycles. The standard InChI is InChI=1S/C21H18ClFN2O4S/c1-10-17(20(26)28-3)19(18(11(2)24-10)21(27)29-4)12-7-16(30-9-12)25-13-5-6-15(23)14(22)8-13/h5-9,25H,1-4H3. The van der Waals surface area contributed by atoms with Gasteiger partial charge in [-0.3, -0.25) is 4.98 Å². The maximum Gasteiger partial charge on any atom is 0.340 e. The minimum Gasteiger partial charge on any atom is -0.465 e. The Labute approximate surface area is 181 Å². The third kappa shape index (κ3) is 4.15. The summed E-state index contributed by atoms with van der Waals surface area (Å²) in [5.41, 5.74) is 2.86. The first-order valence-corrected chi connectivity index (χ1v) is 10.0. The second-order valence-corrected chi connectivity index (χ2v) is 7.66. The molecule has 156 valence electrons. The molecule has 0 aliphatic heterocycles. The fourth-order valence-electron chi connectivity index (χ4n) is 3.09. The summed E-state index contributed by atoms with van der Waals surface area (Å²) in [6.07, 6.45) is 0. The van der Waals surface area contributed by atoms with Crippen LogP contribution >= 0.6 is 22.9 Å². The lowest BCUT2D eigenvalue weighted by molar-refractivity contribution is 0.0599. The van der Waals surface area contributed by atoms with E-state index in [0.717, 1.165) is 0 Å². The molecular formula is C21H18ClFN2O4S. The lowest BCUT2D eigenvalue weighted by Crippen LogP contribution is -2.15. The van der Waals surface area contributed by atoms with E-state index in [0.29, 0.717) is 33.2 Å². The summed E-state index contributed by atoms with van der Waals surface area (Å²) in [4.78, 5) is 29.3. The number of hydrogen-bond acceptors (Lipinski definition) is 7. The number of ether oxygens (including phenoxy) is 2. The van der Waals surface area contributed by atoms with Gasteiger partial charge in [0, 0.05) is 16.6 Å². The van der Waals surface area contributed by atoms with E-state index < -0.39 is 17.8 Å². The summed E-state index contributed by atoms with van der Waals surface area (Å²) >= 11 is 7.18. The van der Waals surface area contributed by atoms with Crippen molar-refractivity contribution in [2.45, 2.75) is 13.8 Å². The Hall–Kier alpha value is -2.97. The van der Waals surface area contributed by atoms with Gasteiger partial charge in [-0.05, 0) is 43.7 Å². The van der Waals surface area contributed by atoms with Crippen molar-refractivity contribution in [3.05, 3.63) is 63.0 Å². The van der Waals surface area contributed by atoms with Crippen molar-refractivity contribution in [1.82, 2.24) is 4.98 Å². The highest BCUT2D eigenvalue weighted by Gasteiger charge is 2.27. The minimum atomic E-state index is -0.605.